The Morgan fingerprint density at radius 2 is 1.92 bits per heavy atom. The molecule has 0 aromatic carbocycles. The highest BCUT2D eigenvalue weighted by Gasteiger charge is 2.31. The van der Waals surface area contributed by atoms with Crippen molar-refractivity contribution < 1.29 is 19.1 Å². The molecule has 0 aliphatic carbocycles. The smallest absolute Gasteiger partial charge is 0.407 e. The summed E-state index contributed by atoms with van der Waals surface area (Å²) in [6.07, 6.45) is 3.05. The number of carbonyl (C=O) groups excluding carboxylic acids is 2. The zero-order valence-electron chi connectivity index (χ0n) is 16.0. The zero-order valence-corrected chi connectivity index (χ0v) is 16.0. The first kappa shape index (κ1) is 20.7. The van der Waals surface area contributed by atoms with Gasteiger partial charge in [0.2, 0.25) is 5.91 Å². The van der Waals surface area contributed by atoms with E-state index in [4.69, 9.17) is 9.47 Å². The van der Waals surface area contributed by atoms with E-state index in [9.17, 15) is 9.59 Å². The Bertz CT molecular complexity index is 425. The lowest BCUT2D eigenvalue weighted by atomic mass is 9.88. The lowest BCUT2D eigenvalue weighted by molar-refractivity contribution is -0.124. The number of hydrogen-bond donors (Lipinski definition) is 2. The van der Waals surface area contributed by atoms with Gasteiger partial charge >= 0.3 is 6.09 Å². The molecule has 2 atom stereocenters. The molecule has 1 aliphatic rings. The monoisotopic (exact) mass is 342 g/mol. The van der Waals surface area contributed by atoms with Crippen molar-refractivity contribution in [3.05, 3.63) is 0 Å². The van der Waals surface area contributed by atoms with Gasteiger partial charge in [-0.3, -0.25) is 4.79 Å². The molecule has 24 heavy (non-hydrogen) atoms. The van der Waals surface area contributed by atoms with E-state index >= 15 is 0 Å². The molecule has 0 radical (unpaired) electrons. The second-order valence-electron chi connectivity index (χ2n) is 8.15. The van der Waals surface area contributed by atoms with Crippen molar-refractivity contribution >= 4 is 12.0 Å². The second-order valence-corrected chi connectivity index (χ2v) is 8.15. The van der Waals surface area contributed by atoms with Crippen molar-refractivity contribution in [3.63, 3.8) is 0 Å². The predicted octanol–water partition coefficient (Wildman–Crippen LogP) is 3.00. The van der Waals surface area contributed by atoms with E-state index < -0.39 is 17.2 Å². The normalized spacial score (nSPS) is 20.5. The van der Waals surface area contributed by atoms with Gasteiger partial charge in [-0.25, -0.2) is 4.79 Å². The van der Waals surface area contributed by atoms with E-state index in [1.165, 1.54) is 0 Å². The summed E-state index contributed by atoms with van der Waals surface area (Å²) in [4.78, 5) is 24.1. The third-order valence-corrected chi connectivity index (χ3v) is 4.42. The Hall–Kier alpha value is -1.30. The topological polar surface area (TPSA) is 76.7 Å². The second kappa shape index (κ2) is 8.70. The molecule has 1 aliphatic heterocycles. The SMILES string of the molecule is CC(C)C(C)(CNC(=O)OC(C)(C)C)NC(=O)CCC1CCCO1. The van der Waals surface area contributed by atoms with Crippen LogP contribution in [0.3, 0.4) is 0 Å². The molecule has 1 heterocycles. The molecule has 2 N–H and O–H groups in total. The van der Waals surface area contributed by atoms with Crippen LogP contribution in [0.2, 0.25) is 0 Å². The van der Waals surface area contributed by atoms with Crippen molar-refractivity contribution in [2.45, 2.75) is 84.5 Å². The van der Waals surface area contributed by atoms with Gasteiger partial charge in [-0.1, -0.05) is 13.8 Å². The van der Waals surface area contributed by atoms with Crippen LogP contribution in [0.15, 0.2) is 0 Å². The summed E-state index contributed by atoms with van der Waals surface area (Å²) in [5.74, 6) is 0.159. The van der Waals surface area contributed by atoms with Crippen LogP contribution in [0, 0.1) is 5.92 Å². The van der Waals surface area contributed by atoms with E-state index in [2.05, 4.69) is 10.6 Å². The van der Waals surface area contributed by atoms with Gasteiger partial charge in [0.15, 0.2) is 0 Å². The number of hydrogen-bond acceptors (Lipinski definition) is 4. The summed E-state index contributed by atoms with van der Waals surface area (Å²) in [6.45, 7) is 12.6. The van der Waals surface area contributed by atoms with Crippen molar-refractivity contribution in [1.29, 1.82) is 0 Å². The summed E-state index contributed by atoms with van der Waals surface area (Å²) in [6, 6.07) is 0. The van der Waals surface area contributed by atoms with Crippen LogP contribution in [-0.4, -0.2) is 42.4 Å². The van der Waals surface area contributed by atoms with E-state index in [0.29, 0.717) is 13.0 Å². The molecule has 0 saturated carbocycles. The van der Waals surface area contributed by atoms with Crippen molar-refractivity contribution in [2.24, 2.45) is 5.92 Å². The van der Waals surface area contributed by atoms with E-state index in [0.717, 1.165) is 25.9 Å². The van der Waals surface area contributed by atoms with Gasteiger partial charge < -0.3 is 20.1 Å². The van der Waals surface area contributed by atoms with Gasteiger partial charge in [0, 0.05) is 19.6 Å². The van der Waals surface area contributed by atoms with Gasteiger partial charge in [-0.05, 0) is 52.9 Å². The average molecular weight is 342 g/mol. The van der Waals surface area contributed by atoms with E-state index in [-0.39, 0.29) is 17.9 Å². The Morgan fingerprint density at radius 3 is 2.42 bits per heavy atom. The quantitative estimate of drug-likeness (QED) is 0.746. The molecule has 0 bridgehead atoms. The van der Waals surface area contributed by atoms with Gasteiger partial charge in [-0.15, -0.1) is 0 Å². The fourth-order valence-corrected chi connectivity index (χ4v) is 2.51. The fourth-order valence-electron chi connectivity index (χ4n) is 2.51. The van der Waals surface area contributed by atoms with Crippen LogP contribution in [0.5, 0.6) is 0 Å². The van der Waals surface area contributed by atoms with Gasteiger partial charge in [-0.2, -0.15) is 0 Å². The Morgan fingerprint density at radius 1 is 1.25 bits per heavy atom. The molecular weight excluding hydrogens is 308 g/mol. The number of amides is 2. The largest absolute Gasteiger partial charge is 0.444 e. The number of ether oxygens (including phenoxy) is 2. The number of nitrogens with one attached hydrogen (secondary N) is 2. The minimum Gasteiger partial charge on any atom is -0.444 e. The maximum Gasteiger partial charge on any atom is 0.407 e. The van der Waals surface area contributed by atoms with Crippen molar-refractivity contribution in [2.75, 3.05) is 13.2 Å². The number of carbonyl (C=O) groups is 2. The maximum atomic E-state index is 12.3. The average Bonchev–Trinajstić information content (AvgIpc) is 2.94. The molecule has 2 amide bonds. The number of alkyl carbamates (subject to hydrolysis) is 1. The summed E-state index contributed by atoms with van der Waals surface area (Å²) in [7, 11) is 0. The minimum atomic E-state index is -0.539. The Balaban J connectivity index is 2.47. The fraction of sp³-hybridized carbons (Fsp3) is 0.889. The molecule has 0 aromatic rings. The molecule has 0 spiro atoms. The van der Waals surface area contributed by atoms with Crippen LogP contribution in [0.25, 0.3) is 0 Å². The molecule has 140 valence electrons. The number of rotatable bonds is 7. The lowest BCUT2D eigenvalue weighted by Crippen LogP contribution is -2.57. The summed E-state index contributed by atoms with van der Waals surface area (Å²) >= 11 is 0. The highest BCUT2D eigenvalue weighted by molar-refractivity contribution is 5.77. The molecular formula is C18H34N2O4. The third kappa shape index (κ3) is 7.51. The molecule has 6 heteroatoms. The zero-order chi connectivity index (χ0) is 18.4. The van der Waals surface area contributed by atoms with Crippen molar-refractivity contribution in [3.8, 4) is 0 Å². The van der Waals surface area contributed by atoms with Gasteiger partial charge in [0.25, 0.3) is 0 Å². The van der Waals surface area contributed by atoms with Crippen LogP contribution in [0.4, 0.5) is 4.79 Å². The predicted molar refractivity (Wildman–Crippen MR) is 93.8 cm³/mol. The first-order valence-electron chi connectivity index (χ1n) is 8.91. The van der Waals surface area contributed by atoms with Crippen molar-refractivity contribution in [1.82, 2.24) is 10.6 Å². The van der Waals surface area contributed by atoms with Crippen LogP contribution in [0.1, 0.15) is 67.2 Å². The highest BCUT2D eigenvalue weighted by atomic mass is 16.6. The Kier molecular flexibility index (Phi) is 7.52. The standard InChI is InChI=1S/C18H34N2O4/c1-13(2)18(6,12-19-16(22)24-17(3,4)5)20-15(21)10-9-14-8-7-11-23-14/h13-14H,7-12H2,1-6H3,(H,19,22)(H,20,21). The summed E-state index contributed by atoms with van der Waals surface area (Å²) < 4.78 is 10.8. The van der Waals surface area contributed by atoms with Crippen LogP contribution >= 0.6 is 0 Å². The van der Waals surface area contributed by atoms with E-state index in [1.807, 2.05) is 41.5 Å². The van der Waals surface area contributed by atoms with Gasteiger partial charge in [0.1, 0.15) is 5.60 Å². The molecule has 1 fully saturated rings. The molecule has 2 unspecified atom stereocenters. The maximum absolute atomic E-state index is 12.3. The third-order valence-electron chi connectivity index (χ3n) is 4.42. The van der Waals surface area contributed by atoms with E-state index in [1.54, 1.807) is 0 Å². The first-order valence-corrected chi connectivity index (χ1v) is 8.91. The minimum absolute atomic E-state index is 0.00677. The molecule has 6 nitrogen and oxygen atoms in total. The summed E-state index contributed by atoms with van der Waals surface area (Å²) in [5.41, 5.74) is -1.06. The van der Waals surface area contributed by atoms with Gasteiger partial charge in [0.05, 0.1) is 11.6 Å². The Labute approximate surface area is 146 Å². The lowest BCUT2D eigenvalue weighted by Gasteiger charge is -2.35. The van der Waals surface area contributed by atoms with Crippen LogP contribution < -0.4 is 10.6 Å². The molecule has 0 aromatic heterocycles. The first-order chi connectivity index (χ1) is 11.0. The van der Waals surface area contributed by atoms with Crippen LogP contribution in [-0.2, 0) is 14.3 Å². The summed E-state index contributed by atoms with van der Waals surface area (Å²) in [5, 5.41) is 5.83. The highest BCUT2D eigenvalue weighted by Crippen LogP contribution is 2.19. The molecule has 1 rings (SSSR count). The molecule has 1 saturated heterocycles.